The zero-order valence-electron chi connectivity index (χ0n) is 19.5. The van der Waals surface area contributed by atoms with Crippen molar-refractivity contribution < 1.29 is 28.6 Å². The summed E-state index contributed by atoms with van der Waals surface area (Å²) >= 11 is 0. The Balaban J connectivity index is 1.85. The van der Waals surface area contributed by atoms with Crippen molar-refractivity contribution in [3.8, 4) is 0 Å². The molecule has 1 amide bonds. The fourth-order valence-electron chi connectivity index (χ4n) is 5.43. The third-order valence-electron chi connectivity index (χ3n) is 7.02. The number of carboxylic acid groups (broad SMARTS) is 1. The number of nitrogens with zero attached hydrogens (tertiary/aromatic N) is 1. The number of aryl methyl sites for hydroxylation is 2. The molecule has 1 aromatic carbocycles. The van der Waals surface area contributed by atoms with Crippen LogP contribution in [0.4, 0.5) is 0 Å². The van der Waals surface area contributed by atoms with E-state index in [4.69, 9.17) is 9.15 Å². The van der Waals surface area contributed by atoms with E-state index in [1.54, 1.807) is 31.9 Å². The van der Waals surface area contributed by atoms with Crippen molar-refractivity contribution >= 4 is 28.6 Å². The monoisotopic (exact) mass is 449 g/mol. The van der Waals surface area contributed by atoms with Crippen molar-refractivity contribution in [1.82, 2.24) is 4.90 Å². The minimum atomic E-state index is -1.06. The number of fused-ring (bicyclic) bond motifs is 1. The van der Waals surface area contributed by atoms with Gasteiger partial charge in [-0.25, -0.2) is 4.79 Å². The van der Waals surface area contributed by atoms with Gasteiger partial charge in [0.1, 0.15) is 22.9 Å². The summed E-state index contributed by atoms with van der Waals surface area (Å²) < 4.78 is 12.3. The molecule has 33 heavy (non-hydrogen) atoms. The maximum Gasteiger partial charge on any atom is 0.335 e. The minimum absolute atomic E-state index is 0.0762. The van der Waals surface area contributed by atoms with Gasteiger partial charge in [0, 0.05) is 49.4 Å². The van der Waals surface area contributed by atoms with Crippen LogP contribution in [-0.4, -0.2) is 41.3 Å². The number of ketones is 1. The minimum Gasteiger partial charge on any atom is -0.478 e. The summed E-state index contributed by atoms with van der Waals surface area (Å²) in [7, 11) is 1.73. The van der Waals surface area contributed by atoms with E-state index in [2.05, 4.69) is 0 Å². The number of amides is 1. The first kappa shape index (κ1) is 21.5. The molecule has 7 nitrogen and oxygen atoms in total. The van der Waals surface area contributed by atoms with E-state index in [1.807, 2.05) is 19.9 Å². The Hall–Kier alpha value is -3.35. The Morgan fingerprint density at radius 2 is 1.85 bits per heavy atom. The normalized spacial score (nSPS) is 22.5. The largest absolute Gasteiger partial charge is 0.478 e. The predicted molar refractivity (Wildman–Crippen MR) is 121 cm³/mol. The van der Waals surface area contributed by atoms with Crippen LogP contribution in [0.15, 0.2) is 39.2 Å². The summed E-state index contributed by atoms with van der Waals surface area (Å²) in [6.45, 7) is 8.13. The van der Waals surface area contributed by atoms with E-state index in [0.29, 0.717) is 76.3 Å². The zero-order valence-corrected chi connectivity index (χ0v) is 19.5. The Morgan fingerprint density at radius 1 is 1.12 bits per heavy atom. The van der Waals surface area contributed by atoms with E-state index in [-0.39, 0.29) is 22.7 Å². The number of carbonyl (C=O) groups excluding carboxylic acids is 2. The number of hydrogen-bond donors (Lipinski definition) is 1. The lowest BCUT2D eigenvalue weighted by Gasteiger charge is -2.41. The van der Waals surface area contributed by atoms with Gasteiger partial charge >= 0.3 is 5.97 Å². The smallest absolute Gasteiger partial charge is 0.335 e. The highest BCUT2D eigenvalue weighted by molar-refractivity contribution is 6.07. The van der Waals surface area contributed by atoms with Crippen LogP contribution in [0.5, 0.6) is 0 Å². The molecular weight excluding hydrogens is 422 g/mol. The van der Waals surface area contributed by atoms with E-state index in [0.717, 1.165) is 0 Å². The molecule has 0 saturated heterocycles. The lowest BCUT2D eigenvalue weighted by atomic mass is 9.69. The fraction of sp³-hybridized carbons (Fsp3) is 0.423. The highest BCUT2D eigenvalue weighted by Gasteiger charge is 2.47. The molecular formula is C26H27NO6. The van der Waals surface area contributed by atoms with Gasteiger partial charge in [0.25, 0.3) is 5.91 Å². The lowest BCUT2D eigenvalue weighted by Crippen LogP contribution is -2.41. The molecule has 5 rings (SSSR count). The summed E-state index contributed by atoms with van der Waals surface area (Å²) in [5.74, 6) is -0.280. The third-order valence-corrected chi connectivity index (χ3v) is 7.02. The summed E-state index contributed by atoms with van der Waals surface area (Å²) in [6.07, 6.45) is 1.44. The van der Waals surface area contributed by atoms with Crippen LogP contribution in [-0.2, 0) is 14.3 Å². The van der Waals surface area contributed by atoms with Gasteiger partial charge in [0.05, 0.1) is 17.1 Å². The van der Waals surface area contributed by atoms with Crippen LogP contribution in [0.2, 0.25) is 0 Å². The van der Waals surface area contributed by atoms with Crippen molar-refractivity contribution in [3.63, 3.8) is 0 Å². The summed E-state index contributed by atoms with van der Waals surface area (Å²) in [5.41, 5.74) is 2.37. The fourth-order valence-corrected chi connectivity index (χ4v) is 5.43. The van der Waals surface area contributed by atoms with Gasteiger partial charge < -0.3 is 19.2 Å². The van der Waals surface area contributed by atoms with Gasteiger partial charge in [-0.15, -0.1) is 0 Å². The summed E-state index contributed by atoms with van der Waals surface area (Å²) in [5, 5.41) is 10.6. The average Bonchev–Trinajstić information content (AvgIpc) is 3.11. The number of Topliss-reactive ketones (excluding diaryl/α,β-unsaturated/α-hetero) is 1. The second-order valence-corrected chi connectivity index (χ2v) is 10.2. The quantitative estimate of drug-likeness (QED) is 0.719. The van der Waals surface area contributed by atoms with E-state index < -0.39 is 11.9 Å². The molecule has 1 aromatic heterocycles. The van der Waals surface area contributed by atoms with Gasteiger partial charge in [-0.3, -0.25) is 9.59 Å². The Labute approximate surface area is 191 Å². The Morgan fingerprint density at radius 3 is 2.55 bits per heavy atom. The van der Waals surface area contributed by atoms with Gasteiger partial charge in [-0.05, 0) is 37.0 Å². The molecule has 1 N–H and O–H groups in total. The number of carboxylic acids is 1. The first-order valence-corrected chi connectivity index (χ1v) is 11.2. The van der Waals surface area contributed by atoms with Crippen LogP contribution < -0.4 is 0 Å². The van der Waals surface area contributed by atoms with Crippen molar-refractivity contribution in [3.05, 3.63) is 57.2 Å². The van der Waals surface area contributed by atoms with Crippen LogP contribution in [0.25, 0.3) is 11.0 Å². The predicted octanol–water partition coefficient (Wildman–Crippen LogP) is 4.62. The summed E-state index contributed by atoms with van der Waals surface area (Å²) in [6, 6.07) is 3.38. The molecule has 0 radical (unpaired) electrons. The second kappa shape index (κ2) is 7.07. The molecule has 0 unspecified atom stereocenters. The molecule has 3 aliphatic rings. The number of furan rings is 1. The van der Waals surface area contributed by atoms with Crippen LogP contribution in [0, 0.1) is 19.3 Å². The molecule has 172 valence electrons. The van der Waals surface area contributed by atoms with Gasteiger partial charge in [-0.2, -0.15) is 0 Å². The molecule has 0 saturated carbocycles. The third kappa shape index (κ3) is 3.21. The molecule has 2 aliphatic heterocycles. The number of benzene rings is 1. The van der Waals surface area contributed by atoms with E-state index in [1.165, 1.54) is 0 Å². The maximum atomic E-state index is 13.5. The first-order valence-electron chi connectivity index (χ1n) is 11.2. The Bertz CT molecular complexity index is 1320. The van der Waals surface area contributed by atoms with Crippen molar-refractivity contribution in [2.75, 3.05) is 13.6 Å². The lowest BCUT2D eigenvalue weighted by molar-refractivity contribution is -0.127. The van der Waals surface area contributed by atoms with Crippen molar-refractivity contribution in [1.29, 1.82) is 0 Å². The average molecular weight is 450 g/mol. The molecule has 1 aliphatic carbocycles. The number of ether oxygens (including phenoxy) is 1. The maximum absolute atomic E-state index is 13.5. The molecule has 1 atom stereocenters. The standard InChI is InChI=1S/C26H27NO6/c1-12-8-14-13(2)15(25(30)31)9-16(23(14)32-12)20-21-17(28)10-26(3,4)11-19(21)33-18-6-7-27(5)24(29)22(18)20/h8-9,20H,6-7,10-11H2,1-5H3,(H,30,31)/t20-/m0/s1. The van der Waals surface area contributed by atoms with E-state index >= 15 is 0 Å². The number of aromatic carboxylic acids is 1. The number of allylic oxidation sites excluding steroid dienone is 2. The molecule has 7 heteroatoms. The van der Waals surface area contributed by atoms with Gasteiger partial charge in [0.15, 0.2) is 5.78 Å². The molecule has 2 aromatic rings. The number of carbonyl (C=O) groups is 3. The van der Waals surface area contributed by atoms with Crippen molar-refractivity contribution in [2.45, 2.75) is 52.9 Å². The molecule has 3 heterocycles. The number of likely N-dealkylation sites (N-methyl/N-ethyl adjacent to an activating group) is 1. The van der Waals surface area contributed by atoms with Crippen molar-refractivity contribution in [2.24, 2.45) is 5.41 Å². The van der Waals surface area contributed by atoms with Crippen LogP contribution in [0.3, 0.4) is 0 Å². The molecule has 0 fully saturated rings. The molecule has 0 bridgehead atoms. The number of hydrogen-bond acceptors (Lipinski definition) is 5. The second-order valence-electron chi connectivity index (χ2n) is 10.2. The zero-order chi connectivity index (χ0) is 23.8. The van der Waals surface area contributed by atoms with Crippen LogP contribution >= 0.6 is 0 Å². The summed E-state index contributed by atoms with van der Waals surface area (Å²) in [4.78, 5) is 40.6. The SMILES string of the molecule is Cc1cc2c(C)c(C(=O)O)cc([C@H]3C4=C(CC(C)(C)CC4=O)OC4=C3C(=O)N(C)CC4)c2o1. The molecule has 0 spiro atoms. The first-order chi connectivity index (χ1) is 15.5. The van der Waals surface area contributed by atoms with E-state index in [9.17, 15) is 19.5 Å². The highest BCUT2D eigenvalue weighted by atomic mass is 16.5. The Kier molecular flexibility index (Phi) is 4.61. The van der Waals surface area contributed by atoms with Gasteiger partial charge in [-0.1, -0.05) is 13.8 Å². The highest BCUT2D eigenvalue weighted by Crippen LogP contribution is 2.52. The van der Waals surface area contributed by atoms with Gasteiger partial charge in [0.2, 0.25) is 0 Å². The topological polar surface area (TPSA) is 97.0 Å². The van der Waals surface area contributed by atoms with Crippen LogP contribution in [0.1, 0.15) is 66.3 Å². The number of rotatable bonds is 2.